The van der Waals surface area contributed by atoms with Gasteiger partial charge in [0.2, 0.25) is 3.79 Å². The van der Waals surface area contributed by atoms with E-state index in [4.69, 9.17) is 34.8 Å². The zero-order valence-electron chi connectivity index (χ0n) is 7.27. The van der Waals surface area contributed by atoms with Gasteiger partial charge in [-0.1, -0.05) is 47.3 Å². The van der Waals surface area contributed by atoms with Crippen LogP contribution in [0.15, 0.2) is 12.7 Å². The summed E-state index contributed by atoms with van der Waals surface area (Å²) in [5.41, 5.74) is -1.17. The largest absolute Gasteiger partial charge is 0.385 e. The summed E-state index contributed by atoms with van der Waals surface area (Å²) in [5.74, 6) is 0.0255. The van der Waals surface area contributed by atoms with Gasteiger partial charge < -0.3 is 5.11 Å². The van der Waals surface area contributed by atoms with Gasteiger partial charge in [0.15, 0.2) is 0 Å². The fourth-order valence-electron chi connectivity index (χ4n) is 1.95. The first-order valence-electron chi connectivity index (χ1n) is 4.32. The maximum Gasteiger partial charge on any atom is 0.219 e. The molecular formula is C9H13Cl3O. The molecule has 0 saturated heterocycles. The summed E-state index contributed by atoms with van der Waals surface area (Å²) in [6, 6.07) is 0. The molecule has 0 aliphatic heterocycles. The van der Waals surface area contributed by atoms with Gasteiger partial charge in [-0.05, 0) is 25.2 Å². The van der Waals surface area contributed by atoms with Crippen molar-refractivity contribution in [3.05, 3.63) is 12.7 Å². The molecule has 1 rings (SSSR count). The second kappa shape index (κ2) is 3.98. The number of allylic oxidation sites excluding steroid dienone is 1. The number of hydrogen-bond donors (Lipinski definition) is 1. The van der Waals surface area contributed by atoms with E-state index in [1.54, 1.807) is 6.08 Å². The van der Waals surface area contributed by atoms with Crippen LogP contribution < -0.4 is 0 Å². The molecule has 0 bridgehead atoms. The van der Waals surface area contributed by atoms with Crippen LogP contribution in [0.1, 0.15) is 25.7 Å². The lowest BCUT2D eigenvalue weighted by molar-refractivity contribution is 0.00718. The lowest BCUT2D eigenvalue weighted by atomic mass is 9.89. The minimum Gasteiger partial charge on any atom is -0.385 e. The van der Waals surface area contributed by atoms with E-state index in [9.17, 15) is 5.11 Å². The van der Waals surface area contributed by atoms with Crippen LogP contribution >= 0.6 is 34.8 Å². The highest BCUT2D eigenvalue weighted by molar-refractivity contribution is 6.68. The lowest BCUT2D eigenvalue weighted by Gasteiger charge is -2.35. The van der Waals surface area contributed by atoms with E-state index in [0.717, 1.165) is 12.8 Å². The average Bonchev–Trinajstić information content (AvgIpc) is 2.33. The second-order valence-electron chi connectivity index (χ2n) is 3.54. The highest BCUT2D eigenvalue weighted by Gasteiger charge is 2.54. The molecule has 0 radical (unpaired) electrons. The third-order valence-corrected chi connectivity index (χ3v) is 3.71. The molecule has 1 aliphatic rings. The van der Waals surface area contributed by atoms with Gasteiger partial charge in [0.1, 0.15) is 5.60 Å². The summed E-state index contributed by atoms with van der Waals surface area (Å²) in [7, 11) is 0. The fraction of sp³-hybridized carbons (Fsp3) is 0.778. The van der Waals surface area contributed by atoms with Crippen molar-refractivity contribution in [3.63, 3.8) is 0 Å². The van der Waals surface area contributed by atoms with Gasteiger partial charge in [-0.2, -0.15) is 0 Å². The number of alkyl halides is 3. The third-order valence-electron chi connectivity index (χ3n) is 2.73. The van der Waals surface area contributed by atoms with Gasteiger partial charge in [-0.25, -0.2) is 0 Å². The Bertz CT molecular complexity index is 200. The maximum absolute atomic E-state index is 10.2. The predicted octanol–water partition coefficient (Wildman–Crippen LogP) is 3.46. The summed E-state index contributed by atoms with van der Waals surface area (Å²) in [4.78, 5) is 0. The molecule has 0 amide bonds. The Labute approximate surface area is 93.7 Å². The summed E-state index contributed by atoms with van der Waals surface area (Å²) < 4.78 is -1.59. The van der Waals surface area contributed by atoms with Crippen LogP contribution in [0.2, 0.25) is 0 Å². The first-order chi connectivity index (χ1) is 5.92. The van der Waals surface area contributed by atoms with Gasteiger partial charge in [0.05, 0.1) is 0 Å². The molecule has 2 atom stereocenters. The molecule has 2 unspecified atom stereocenters. The first-order valence-corrected chi connectivity index (χ1v) is 5.45. The summed E-state index contributed by atoms with van der Waals surface area (Å²) in [5, 5.41) is 10.2. The van der Waals surface area contributed by atoms with Crippen molar-refractivity contribution in [2.45, 2.75) is 35.1 Å². The van der Waals surface area contributed by atoms with Crippen molar-refractivity contribution in [2.24, 2.45) is 5.92 Å². The van der Waals surface area contributed by atoms with Crippen molar-refractivity contribution in [2.75, 3.05) is 0 Å². The van der Waals surface area contributed by atoms with Crippen LogP contribution in [-0.4, -0.2) is 14.5 Å². The Morgan fingerprint density at radius 2 is 2.15 bits per heavy atom. The number of halogens is 3. The lowest BCUT2D eigenvalue weighted by Crippen LogP contribution is -2.45. The Balaban J connectivity index is 2.81. The van der Waals surface area contributed by atoms with Crippen LogP contribution in [0.4, 0.5) is 0 Å². The van der Waals surface area contributed by atoms with Crippen molar-refractivity contribution < 1.29 is 5.11 Å². The van der Waals surface area contributed by atoms with E-state index in [-0.39, 0.29) is 5.92 Å². The van der Waals surface area contributed by atoms with Gasteiger partial charge in [0.25, 0.3) is 0 Å². The number of rotatable bonds is 2. The molecule has 0 aromatic carbocycles. The molecular weight excluding hydrogens is 230 g/mol. The first kappa shape index (κ1) is 11.6. The molecule has 0 aromatic heterocycles. The highest BCUT2D eigenvalue weighted by atomic mass is 35.6. The number of aliphatic hydroxyl groups is 1. The minimum absolute atomic E-state index is 0.0255. The minimum atomic E-state index is -1.59. The highest BCUT2D eigenvalue weighted by Crippen LogP contribution is 2.51. The van der Waals surface area contributed by atoms with Crippen LogP contribution in [0, 0.1) is 5.92 Å². The second-order valence-corrected chi connectivity index (χ2v) is 5.82. The molecule has 1 fully saturated rings. The van der Waals surface area contributed by atoms with Crippen molar-refractivity contribution in [3.8, 4) is 0 Å². The standard InChI is InChI=1S/C9H13Cl3O/c1-2-4-7-5-3-6-8(7,13)9(10,11)12/h2,7,13H,1,3-6H2. The van der Waals surface area contributed by atoms with Crippen LogP contribution in [0.25, 0.3) is 0 Å². The van der Waals surface area contributed by atoms with Crippen molar-refractivity contribution >= 4 is 34.8 Å². The Hall–Kier alpha value is 0.570. The molecule has 1 saturated carbocycles. The molecule has 0 spiro atoms. The molecule has 0 heterocycles. The monoisotopic (exact) mass is 242 g/mol. The summed E-state index contributed by atoms with van der Waals surface area (Å²) >= 11 is 17.3. The van der Waals surface area contributed by atoms with E-state index in [0.29, 0.717) is 12.8 Å². The van der Waals surface area contributed by atoms with Crippen molar-refractivity contribution in [1.82, 2.24) is 0 Å². The average molecular weight is 244 g/mol. The molecule has 4 heteroatoms. The van der Waals surface area contributed by atoms with Crippen LogP contribution in [0.3, 0.4) is 0 Å². The van der Waals surface area contributed by atoms with Gasteiger partial charge in [0, 0.05) is 0 Å². The van der Waals surface area contributed by atoms with Crippen LogP contribution in [0.5, 0.6) is 0 Å². The normalized spacial score (nSPS) is 34.9. The number of hydrogen-bond acceptors (Lipinski definition) is 1. The van der Waals surface area contributed by atoms with Gasteiger partial charge >= 0.3 is 0 Å². The zero-order valence-corrected chi connectivity index (χ0v) is 9.54. The molecule has 0 aromatic rings. The van der Waals surface area contributed by atoms with Gasteiger partial charge in [-0.15, -0.1) is 6.58 Å². The van der Waals surface area contributed by atoms with E-state index in [2.05, 4.69) is 6.58 Å². The van der Waals surface area contributed by atoms with Crippen molar-refractivity contribution in [1.29, 1.82) is 0 Å². The van der Waals surface area contributed by atoms with E-state index in [1.165, 1.54) is 0 Å². The summed E-state index contributed by atoms with van der Waals surface area (Å²) in [6.45, 7) is 3.63. The molecule has 1 N–H and O–H groups in total. The third kappa shape index (κ3) is 2.15. The topological polar surface area (TPSA) is 20.2 Å². The molecule has 76 valence electrons. The van der Waals surface area contributed by atoms with E-state index >= 15 is 0 Å². The van der Waals surface area contributed by atoms with Crippen LogP contribution in [-0.2, 0) is 0 Å². The van der Waals surface area contributed by atoms with Gasteiger partial charge in [-0.3, -0.25) is 0 Å². The Morgan fingerprint density at radius 3 is 2.62 bits per heavy atom. The predicted molar refractivity (Wildman–Crippen MR) is 57.4 cm³/mol. The Kier molecular flexibility index (Phi) is 3.56. The smallest absolute Gasteiger partial charge is 0.219 e. The zero-order chi connectivity index (χ0) is 10.1. The van der Waals surface area contributed by atoms with E-state index < -0.39 is 9.39 Å². The fourth-order valence-corrected chi connectivity index (χ4v) is 2.69. The Morgan fingerprint density at radius 1 is 1.54 bits per heavy atom. The molecule has 13 heavy (non-hydrogen) atoms. The maximum atomic E-state index is 10.2. The molecule has 1 aliphatic carbocycles. The summed E-state index contributed by atoms with van der Waals surface area (Å²) in [6.07, 6.45) is 4.82. The SMILES string of the molecule is C=CCC1CCCC1(O)C(Cl)(Cl)Cl. The molecule has 1 nitrogen and oxygen atoms in total. The quantitative estimate of drug-likeness (QED) is 0.582. The van der Waals surface area contributed by atoms with E-state index in [1.807, 2.05) is 0 Å².